The third-order valence-electron chi connectivity index (χ3n) is 6.05. The monoisotopic (exact) mass is 503 g/mol. The molecule has 0 bridgehead atoms. The first-order valence-corrected chi connectivity index (χ1v) is 12.8. The third-order valence-corrected chi connectivity index (χ3v) is 6.05. The molecule has 0 unspecified atom stereocenters. The highest BCUT2D eigenvalue weighted by atomic mass is 16.5. The van der Waals surface area contributed by atoms with Crippen molar-refractivity contribution in [2.45, 2.75) is 66.5 Å². The molecule has 6 nitrogen and oxygen atoms in total. The van der Waals surface area contributed by atoms with E-state index in [2.05, 4.69) is 33.8 Å². The molecular formula is C31H37NO5. The van der Waals surface area contributed by atoms with Crippen LogP contribution in [-0.4, -0.2) is 17.6 Å². The molecule has 0 fully saturated rings. The van der Waals surface area contributed by atoms with Gasteiger partial charge >= 0.3 is 0 Å². The van der Waals surface area contributed by atoms with Crippen LogP contribution in [-0.2, 0) is 17.9 Å². The van der Waals surface area contributed by atoms with Crippen molar-refractivity contribution in [2.75, 3.05) is 6.61 Å². The van der Waals surface area contributed by atoms with Crippen molar-refractivity contribution >= 4 is 17.4 Å². The molecule has 3 rings (SSSR count). The Bertz CT molecular complexity index is 1300. The van der Waals surface area contributed by atoms with E-state index in [-0.39, 0.29) is 24.6 Å². The van der Waals surface area contributed by atoms with Crippen molar-refractivity contribution in [3.63, 3.8) is 0 Å². The second-order valence-corrected chi connectivity index (χ2v) is 9.32. The fraction of sp³-hybridized carbons (Fsp3) is 0.355. The number of rotatable bonds is 14. The highest BCUT2D eigenvalue weighted by Gasteiger charge is 2.20. The van der Waals surface area contributed by atoms with Gasteiger partial charge in [-0.2, -0.15) is 0 Å². The summed E-state index contributed by atoms with van der Waals surface area (Å²) in [6.45, 7) is 9.74. The largest absolute Gasteiger partial charge is 0.489 e. The molecule has 1 heterocycles. The van der Waals surface area contributed by atoms with Crippen LogP contribution in [0.3, 0.4) is 0 Å². The molecule has 0 amide bonds. The number of nitrogens with zero attached hydrogens (tertiary/aromatic N) is 1. The van der Waals surface area contributed by atoms with Gasteiger partial charge in [-0.1, -0.05) is 60.9 Å². The minimum Gasteiger partial charge on any atom is -0.489 e. The minimum absolute atomic E-state index is 0.0906. The fourth-order valence-corrected chi connectivity index (χ4v) is 4.00. The van der Waals surface area contributed by atoms with Gasteiger partial charge in [0.2, 0.25) is 5.75 Å². The molecule has 0 aliphatic rings. The standard InChI is InChI=1S/C31H37NO5/c1-5-6-18-32-28-20-26(36-21-25-13-8-7-9-14-25)15-16-27(28)29(30(31(32)34)37-22-33)35-19-17-24(4)12-10-11-23(2)3/h7-9,11,13-17,20,22H,5-6,10,12,18-19,21H2,1-4H3/b24-17+. The Hall–Kier alpha value is -3.80. The lowest BCUT2D eigenvalue weighted by Gasteiger charge is -2.18. The molecule has 1 aromatic heterocycles. The van der Waals surface area contributed by atoms with Gasteiger partial charge in [-0.3, -0.25) is 9.59 Å². The Labute approximate surface area is 219 Å². The predicted molar refractivity (Wildman–Crippen MR) is 148 cm³/mol. The van der Waals surface area contributed by atoms with Crippen molar-refractivity contribution in [3.8, 4) is 17.2 Å². The van der Waals surface area contributed by atoms with Gasteiger partial charge in [-0.05, 0) is 63.8 Å². The van der Waals surface area contributed by atoms with Gasteiger partial charge in [0.25, 0.3) is 12.0 Å². The maximum atomic E-state index is 13.4. The summed E-state index contributed by atoms with van der Waals surface area (Å²) in [5.41, 5.74) is 3.82. The molecule has 0 spiro atoms. The number of ether oxygens (including phenoxy) is 3. The number of hydrogen-bond donors (Lipinski definition) is 0. The van der Waals surface area contributed by atoms with Crippen molar-refractivity contribution in [2.24, 2.45) is 0 Å². The van der Waals surface area contributed by atoms with Crippen LogP contribution in [0.15, 0.2) is 76.6 Å². The number of unbranched alkanes of at least 4 members (excludes halogenated alkanes) is 1. The highest BCUT2D eigenvalue weighted by Crippen LogP contribution is 2.35. The highest BCUT2D eigenvalue weighted by molar-refractivity contribution is 5.89. The Morgan fingerprint density at radius 2 is 1.76 bits per heavy atom. The van der Waals surface area contributed by atoms with E-state index in [4.69, 9.17) is 14.2 Å². The Kier molecular flexibility index (Phi) is 10.6. The van der Waals surface area contributed by atoms with Gasteiger partial charge in [-0.25, -0.2) is 0 Å². The SMILES string of the molecule is CCCCn1c(=O)c(OC=O)c(OC/C=C(\C)CCC=C(C)C)c2ccc(OCc3ccccc3)cc21. The normalized spacial score (nSPS) is 11.3. The zero-order valence-corrected chi connectivity index (χ0v) is 22.3. The second-order valence-electron chi connectivity index (χ2n) is 9.32. The Morgan fingerprint density at radius 3 is 2.46 bits per heavy atom. The molecule has 0 saturated carbocycles. The van der Waals surface area contributed by atoms with E-state index in [0.29, 0.717) is 29.8 Å². The third kappa shape index (κ3) is 7.84. The van der Waals surface area contributed by atoms with Gasteiger partial charge in [0.1, 0.15) is 19.0 Å². The van der Waals surface area contributed by atoms with Crippen LogP contribution >= 0.6 is 0 Å². The summed E-state index contributed by atoms with van der Waals surface area (Å²) in [6, 6.07) is 15.5. The number of pyridine rings is 1. The zero-order valence-electron chi connectivity index (χ0n) is 22.3. The first kappa shape index (κ1) is 27.8. The maximum Gasteiger partial charge on any atom is 0.298 e. The molecule has 6 heteroatoms. The summed E-state index contributed by atoms with van der Waals surface area (Å²) in [7, 11) is 0. The van der Waals surface area contributed by atoms with Crippen LogP contribution in [0, 0.1) is 0 Å². The summed E-state index contributed by atoms with van der Waals surface area (Å²) in [5, 5.41) is 0.690. The molecule has 0 aliphatic heterocycles. The average Bonchev–Trinajstić information content (AvgIpc) is 2.89. The van der Waals surface area contributed by atoms with Crippen molar-refractivity contribution in [3.05, 3.63) is 87.7 Å². The first-order chi connectivity index (χ1) is 17.9. The van der Waals surface area contributed by atoms with E-state index in [1.807, 2.05) is 54.6 Å². The molecule has 0 N–H and O–H groups in total. The molecule has 0 saturated heterocycles. The summed E-state index contributed by atoms with van der Waals surface area (Å²) >= 11 is 0. The lowest BCUT2D eigenvalue weighted by molar-refractivity contribution is -0.120. The average molecular weight is 504 g/mol. The number of hydrogen-bond acceptors (Lipinski definition) is 5. The molecule has 0 aliphatic carbocycles. The molecule has 196 valence electrons. The molecule has 3 aromatic rings. The van der Waals surface area contributed by atoms with Crippen LogP contribution < -0.4 is 19.8 Å². The molecule has 0 radical (unpaired) electrons. The van der Waals surface area contributed by atoms with Crippen LogP contribution in [0.25, 0.3) is 10.9 Å². The van der Waals surface area contributed by atoms with Gasteiger partial charge < -0.3 is 18.8 Å². The van der Waals surface area contributed by atoms with Gasteiger partial charge in [-0.15, -0.1) is 0 Å². The van der Waals surface area contributed by atoms with Crippen LogP contribution in [0.1, 0.15) is 58.9 Å². The van der Waals surface area contributed by atoms with Crippen LogP contribution in [0.4, 0.5) is 0 Å². The molecule has 2 aromatic carbocycles. The lowest BCUT2D eigenvalue weighted by Crippen LogP contribution is -2.23. The van der Waals surface area contributed by atoms with E-state index in [9.17, 15) is 9.59 Å². The van der Waals surface area contributed by atoms with Crippen molar-refractivity contribution in [1.82, 2.24) is 4.57 Å². The van der Waals surface area contributed by atoms with E-state index in [1.165, 1.54) is 11.1 Å². The van der Waals surface area contributed by atoms with Crippen LogP contribution in [0.5, 0.6) is 17.2 Å². The van der Waals surface area contributed by atoms with E-state index >= 15 is 0 Å². The van der Waals surface area contributed by atoms with Gasteiger partial charge in [0, 0.05) is 18.0 Å². The number of allylic oxidation sites excluding steroid dienone is 3. The maximum absolute atomic E-state index is 13.4. The Morgan fingerprint density at radius 1 is 0.973 bits per heavy atom. The van der Waals surface area contributed by atoms with Gasteiger partial charge in [0.15, 0.2) is 5.75 Å². The van der Waals surface area contributed by atoms with E-state index in [1.54, 1.807) is 4.57 Å². The number of carbonyl (C=O) groups excluding carboxylic acids is 1. The molecule has 37 heavy (non-hydrogen) atoms. The summed E-state index contributed by atoms with van der Waals surface area (Å²) < 4.78 is 18.9. The lowest BCUT2D eigenvalue weighted by atomic mass is 10.1. The Balaban J connectivity index is 1.97. The molecule has 0 atom stereocenters. The second kappa shape index (κ2) is 14.1. The minimum atomic E-state index is -0.396. The van der Waals surface area contributed by atoms with Gasteiger partial charge in [0.05, 0.1) is 5.52 Å². The first-order valence-electron chi connectivity index (χ1n) is 12.8. The fourth-order valence-electron chi connectivity index (χ4n) is 4.00. The summed E-state index contributed by atoms with van der Waals surface area (Å²) in [6.07, 6.45) is 7.81. The topological polar surface area (TPSA) is 66.8 Å². The number of aromatic nitrogens is 1. The summed E-state index contributed by atoms with van der Waals surface area (Å²) in [5.74, 6) is 0.820. The van der Waals surface area contributed by atoms with Crippen LogP contribution in [0.2, 0.25) is 0 Å². The van der Waals surface area contributed by atoms with Crippen molar-refractivity contribution < 1.29 is 19.0 Å². The summed E-state index contributed by atoms with van der Waals surface area (Å²) in [4.78, 5) is 24.7. The quantitative estimate of drug-likeness (QED) is 0.175. The smallest absolute Gasteiger partial charge is 0.298 e. The number of aryl methyl sites for hydroxylation is 1. The number of carbonyl (C=O) groups is 1. The molecular weight excluding hydrogens is 466 g/mol. The van der Waals surface area contributed by atoms with E-state index in [0.717, 1.165) is 31.2 Å². The van der Waals surface area contributed by atoms with E-state index < -0.39 is 5.56 Å². The van der Waals surface area contributed by atoms with Crippen molar-refractivity contribution in [1.29, 1.82) is 0 Å². The number of fused-ring (bicyclic) bond motifs is 1. The number of benzene rings is 2. The predicted octanol–water partition coefficient (Wildman–Crippen LogP) is 6.99. The zero-order chi connectivity index (χ0) is 26.6.